The zero-order valence-corrected chi connectivity index (χ0v) is 4.86. The first-order valence-electron chi connectivity index (χ1n) is 1.66. The van der Waals surface area contributed by atoms with Gasteiger partial charge in [-0.05, 0) is 6.42 Å². The lowest BCUT2D eigenvalue weighted by Gasteiger charge is -1.56. The van der Waals surface area contributed by atoms with Crippen LogP contribution in [0.1, 0.15) is 13.3 Å². The molecule has 0 N–H and O–H groups in total. The number of hydrogen-bond acceptors (Lipinski definition) is 1. The van der Waals surface area contributed by atoms with E-state index in [1.54, 1.807) is 0 Å². The molecular weight excluding hydrogens is 100 g/mol. The average molecular weight is 107 g/mol. The molecule has 0 aromatic heterocycles. The second kappa shape index (κ2) is 4.44. The smallest absolute Gasteiger partial charge is 0.0602 e. The molecule has 0 aliphatic rings. The van der Waals surface area contributed by atoms with Crippen LogP contribution in [0.2, 0.25) is 0 Å². The molecule has 0 saturated carbocycles. The lowest BCUT2D eigenvalue weighted by Crippen LogP contribution is -1.69. The maximum Gasteiger partial charge on any atom is 0.271 e. The van der Waals surface area contributed by atoms with Gasteiger partial charge in [-0.1, -0.05) is 6.92 Å². The molecule has 0 radical (unpaired) electrons. The highest BCUT2D eigenvalue weighted by molar-refractivity contribution is 8.17. The van der Waals surface area contributed by atoms with E-state index in [-0.39, 0.29) is 0 Å². The highest BCUT2D eigenvalue weighted by Gasteiger charge is 1.81. The fraction of sp³-hybridized carbons (Fsp3) is 1.00. The molecule has 0 amide bonds. The van der Waals surface area contributed by atoms with Gasteiger partial charge in [0.05, 0.1) is 0 Å². The molecule has 0 aromatic carbocycles. The van der Waals surface area contributed by atoms with E-state index < -0.39 is 0 Å². The first-order chi connectivity index (χ1) is 2.41. The highest BCUT2D eigenvalue weighted by Crippen LogP contribution is 1.67. The Hall–Kier alpha value is 0.440. The van der Waals surface area contributed by atoms with E-state index in [0.717, 1.165) is 5.75 Å². The zero-order chi connectivity index (χ0) is 4.12. The van der Waals surface area contributed by atoms with Gasteiger partial charge >= 0.3 is 0 Å². The van der Waals surface area contributed by atoms with Crippen molar-refractivity contribution < 1.29 is 0 Å². The van der Waals surface area contributed by atoms with E-state index in [1.807, 2.05) is 0 Å². The van der Waals surface area contributed by atoms with E-state index in [2.05, 4.69) is 18.1 Å². The summed E-state index contributed by atoms with van der Waals surface area (Å²) in [5, 5.41) is 0. The predicted molar refractivity (Wildman–Crippen MR) is 29.9 cm³/mol. The van der Waals surface area contributed by atoms with Crippen molar-refractivity contribution in [2.45, 2.75) is 13.3 Å². The van der Waals surface area contributed by atoms with Gasteiger partial charge in [0.25, 0.3) is 21.5 Å². The molecule has 0 heterocycles. The molecule has 0 rings (SSSR count). The van der Waals surface area contributed by atoms with Crippen LogP contribution in [0, 0.1) is 0 Å². The van der Waals surface area contributed by atoms with Gasteiger partial charge in [-0.25, -0.2) is 0 Å². The summed E-state index contributed by atoms with van der Waals surface area (Å²) < 4.78 is 0. The lowest BCUT2D eigenvalue weighted by molar-refractivity contribution is 1.11. The predicted octanol–water partition coefficient (Wildman–Crippen LogP) is 0.941. The third-order valence-electron chi connectivity index (χ3n) is 0.287. The van der Waals surface area contributed by atoms with Crippen molar-refractivity contribution >= 4 is 21.5 Å². The summed E-state index contributed by atoms with van der Waals surface area (Å²) in [6.45, 7) is 2.12. The molecule has 30 valence electrons. The van der Waals surface area contributed by atoms with Crippen molar-refractivity contribution in [3.63, 3.8) is 0 Å². The summed E-state index contributed by atoms with van der Waals surface area (Å²) in [7, 11) is 1.48. The van der Waals surface area contributed by atoms with Crippen molar-refractivity contribution in [2.75, 3.05) is 5.75 Å². The van der Waals surface area contributed by atoms with Gasteiger partial charge in [0.15, 0.2) is 5.75 Å². The van der Waals surface area contributed by atoms with Crippen molar-refractivity contribution in [1.82, 2.24) is 0 Å². The SMILES string of the molecule is CCC[S+]=S. The van der Waals surface area contributed by atoms with E-state index in [1.165, 1.54) is 16.7 Å². The molecule has 0 aliphatic heterocycles. The summed E-state index contributed by atoms with van der Waals surface area (Å²) in [4.78, 5) is 0. The van der Waals surface area contributed by atoms with Crippen molar-refractivity contribution in [1.29, 1.82) is 0 Å². The van der Waals surface area contributed by atoms with E-state index in [4.69, 9.17) is 0 Å². The molecule has 0 nitrogen and oxygen atoms in total. The van der Waals surface area contributed by atoms with Crippen LogP contribution >= 0.6 is 0 Å². The molecule has 5 heavy (non-hydrogen) atoms. The zero-order valence-electron chi connectivity index (χ0n) is 3.23. The molecule has 0 aromatic rings. The molecule has 0 bridgehead atoms. The third kappa shape index (κ3) is 4.44. The Bertz CT molecular complexity index is 26.1. The minimum Gasteiger partial charge on any atom is -0.0602 e. The first kappa shape index (κ1) is 5.44. The molecule has 0 unspecified atom stereocenters. The van der Waals surface area contributed by atoms with Crippen LogP contribution in [0.15, 0.2) is 0 Å². The van der Waals surface area contributed by atoms with Crippen molar-refractivity contribution in [2.24, 2.45) is 0 Å². The average Bonchev–Trinajstić information content (AvgIpc) is 1.41. The van der Waals surface area contributed by atoms with Crippen LogP contribution in [0.4, 0.5) is 0 Å². The summed E-state index contributed by atoms with van der Waals surface area (Å²) in [5.41, 5.74) is 0. The Balaban J connectivity index is 2.40. The fourth-order valence-corrected chi connectivity index (χ4v) is 0.750. The normalized spacial score (nSPS) is 7.40. The fourth-order valence-electron chi connectivity index (χ4n) is 0.0833. The Kier molecular flexibility index (Phi) is 4.83. The van der Waals surface area contributed by atoms with Gasteiger partial charge in [-0.2, -0.15) is 0 Å². The van der Waals surface area contributed by atoms with E-state index in [9.17, 15) is 0 Å². The van der Waals surface area contributed by atoms with E-state index in [0.29, 0.717) is 0 Å². The largest absolute Gasteiger partial charge is 0.271 e. The molecule has 0 atom stereocenters. The van der Waals surface area contributed by atoms with Gasteiger partial charge in [0.2, 0.25) is 0 Å². The Morgan fingerprint density at radius 2 is 2.40 bits per heavy atom. The lowest BCUT2D eigenvalue weighted by atomic mass is 10.6. The van der Waals surface area contributed by atoms with Gasteiger partial charge < -0.3 is 0 Å². The number of rotatable bonds is 2. The van der Waals surface area contributed by atoms with Gasteiger partial charge in [-0.15, -0.1) is 0 Å². The van der Waals surface area contributed by atoms with Crippen LogP contribution in [-0.2, 0) is 21.5 Å². The standard InChI is InChI=1S/C3H7S2/c1-2-3-5-4/h2-3H2,1H3/q+1. The van der Waals surface area contributed by atoms with Crippen LogP contribution in [0.25, 0.3) is 0 Å². The third-order valence-corrected chi connectivity index (χ3v) is 1.36. The molecular formula is C3H7S2+. The topological polar surface area (TPSA) is 0 Å². The van der Waals surface area contributed by atoms with Gasteiger partial charge in [0, 0.05) is 0 Å². The minimum atomic E-state index is 1.12. The van der Waals surface area contributed by atoms with Gasteiger partial charge in [0.1, 0.15) is 0 Å². The van der Waals surface area contributed by atoms with Crippen LogP contribution in [0.3, 0.4) is 0 Å². The maximum absolute atomic E-state index is 4.57. The Morgan fingerprint density at radius 1 is 1.80 bits per heavy atom. The van der Waals surface area contributed by atoms with Crippen molar-refractivity contribution in [3.8, 4) is 0 Å². The molecule has 0 fully saturated rings. The Morgan fingerprint density at radius 3 is 2.40 bits per heavy atom. The Labute approximate surface area is 41.2 Å². The molecule has 2 heteroatoms. The minimum absolute atomic E-state index is 1.12. The summed E-state index contributed by atoms with van der Waals surface area (Å²) >= 11 is 4.57. The molecule has 0 spiro atoms. The van der Waals surface area contributed by atoms with Crippen LogP contribution in [-0.4, -0.2) is 5.75 Å². The first-order valence-corrected chi connectivity index (χ1v) is 3.57. The van der Waals surface area contributed by atoms with Crippen molar-refractivity contribution in [3.05, 3.63) is 0 Å². The monoisotopic (exact) mass is 107 g/mol. The quantitative estimate of drug-likeness (QED) is 0.473. The summed E-state index contributed by atoms with van der Waals surface area (Å²) in [6, 6.07) is 0. The maximum atomic E-state index is 4.57. The summed E-state index contributed by atoms with van der Waals surface area (Å²) in [5.74, 6) is 1.12. The van der Waals surface area contributed by atoms with Crippen LogP contribution in [0.5, 0.6) is 0 Å². The van der Waals surface area contributed by atoms with E-state index >= 15 is 0 Å². The molecule has 0 aliphatic carbocycles. The second-order valence-electron chi connectivity index (χ2n) is 0.822. The summed E-state index contributed by atoms with van der Waals surface area (Å²) in [6.07, 6.45) is 1.20. The number of hydrogen-bond donors (Lipinski definition) is 0. The van der Waals surface area contributed by atoms with Gasteiger partial charge in [-0.3, -0.25) is 0 Å². The second-order valence-corrected chi connectivity index (χ2v) is 2.17. The highest BCUT2D eigenvalue weighted by atomic mass is 32.8. The van der Waals surface area contributed by atoms with Crippen LogP contribution < -0.4 is 0 Å². The molecule has 0 saturated heterocycles.